The molecule has 0 spiro atoms. The number of H-pyrrole nitrogens is 1. The molecule has 4 rings (SSSR count). The lowest BCUT2D eigenvalue weighted by Gasteiger charge is -2.09. The number of imidazole rings is 1. The summed E-state index contributed by atoms with van der Waals surface area (Å²) in [6.07, 6.45) is 2.41. The van der Waals surface area contributed by atoms with Gasteiger partial charge in [0.25, 0.3) is 5.56 Å². The molecule has 4 aromatic rings. The first kappa shape index (κ1) is 17.1. The lowest BCUT2D eigenvalue weighted by molar-refractivity contribution is 0.602. The number of nitrogens with one attached hydrogen (secondary N) is 1. The Kier molecular flexibility index (Phi) is 4.27. The van der Waals surface area contributed by atoms with Gasteiger partial charge in [0, 0.05) is 6.54 Å². The first-order valence-electron chi connectivity index (χ1n) is 8.54. The maximum atomic E-state index is 14.0. The largest absolute Gasteiger partial charge is 0.320 e. The minimum Gasteiger partial charge on any atom is -0.320 e. The van der Waals surface area contributed by atoms with E-state index in [-0.39, 0.29) is 17.0 Å². The van der Waals surface area contributed by atoms with Crippen LogP contribution in [0.1, 0.15) is 18.1 Å². The highest BCUT2D eigenvalue weighted by Crippen LogP contribution is 2.21. The topological polar surface area (TPSA) is 63.6 Å². The molecule has 0 aliphatic heterocycles. The van der Waals surface area contributed by atoms with Gasteiger partial charge in [0.1, 0.15) is 17.5 Å². The molecule has 27 heavy (non-hydrogen) atoms. The number of benzene rings is 2. The van der Waals surface area contributed by atoms with Crippen LogP contribution in [0.25, 0.3) is 22.6 Å². The molecule has 0 saturated carbocycles. The highest BCUT2D eigenvalue weighted by molar-refractivity contribution is 5.73. The van der Waals surface area contributed by atoms with Crippen LogP contribution < -0.4 is 5.56 Å². The van der Waals surface area contributed by atoms with Crippen LogP contribution in [-0.4, -0.2) is 19.5 Å². The molecule has 1 N–H and O–H groups in total. The van der Waals surface area contributed by atoms with Crippen molar-refractivity contribution >= 4 is 11.2 Å². The van der Waals surface area contributed by atoms with E-state index in [1.807, 2.05) is 24.3 Å². The minimum absolute atomic E-state index is 0.0521. The lowest BCUT2D eigenvalue weighted by Crippen LogP contribution is -2.14. The summed E-state index contributed by atoms with van der Waals surface area (Å²) in [5, 5.41) is 0. The van der Waals surface area contributed by atoms with Crippen molar-refractivity contribution in [3.05, 3.63) is 81.9 Å². The molecule has 0 saturated heterocycles. The molecule has 0 aliphatic rings. The summed E-state index contributed by atoms with van der Waals surface area (Å²) < 4.78 is 29.2. The Hall–Kier alpha value is -3.35. The molecule has 2 aromatic heterocycles. The quantitative estimate of drug-likeness (QED) is 0.599. The number of aromatic nitrogens is 4. The number of hydrogen-bond donors (Lipinski definition) is 1. The third kappa shape index (κ3) is 3.12. The normalized spacial score (nSPS) is 11.2. The summed E-state index contributed by atoms with van der Waals surface area (Å²) in [6, 6.07) is 11.0. The van der Waals surface area contributed by atoms with Crippen LogP contribution in [0.4, 0.5) is 8.78 Å². The van der Waals surface area contributed by atoms with Crippen molar-refractivity contribution in [2.24, 2.45) is 0 Å². The Morgan fingerprint density at radius 1 is 1.11 bits per heavy atom. The molecule has 2 heterocycles. The fourth-order valence-electron chi connectivity index (χ4n) is 3.15. The summed E-state index contributed by atoms with van der Waals surface area (Å²) in [5.74, 6) is -1.34. The monoisotopic (exact) mass is 366 g/mol. The van der Waals surface area contributed by atoms with Gasteiger partial charge in [0.05, 0.1) is 11.9 Å². The van der Waals surface area contributed by atoms with Crippen molar-refractivity contribution < 1.29 is 8.78 Å². The highest BCUT2D eigenvalue weighted by atomic mass is 19.1. The molecule has 136 valence electrons. The van der Waals surface area contributed by atoms with Crippen LogP contribution in [0, 0.1) is 11.6 Å². The van der Waals surface area contributed by atoms with Crippen LogP contribution in [0.5, 0.6) is 0 Å². The summed E-state index contributed by atoms with van der Waals surface area (Å²) >= 11 is 0. The molecule has 0 bridgehead atoms. The number of nitrogens with zero attached hydrogens (tertiary/aromatic N) is 3. The van der Waals surface area contributed by atoms with Crippen LogP contribution in [0.3, 0.4) is 0 Å². The molecule has 0 fully saturated rings. The van der Waals surface area contributed by atoms with Gasteiger partial charge >= 0.3 is 0 Å². The van der Waals surface area contributed by atoms with Crippen molar-refractivity contribution in [2.45, 2.75) is 19.9 Å². The molecule has 0 amide bonds. The molecule has 7 heteroatoms. The van der Waals surface area contributed by atoms with Crippen molar-refractivity contribution in [3.8, 4) is 11.4 Å². The second kappa shape index (κ2) is 6.75. The predicted molar refractivity (Wildman–Crippen MR) is 98.4 cm³/mol. The maximum Gasteiger partial charge on any atom is 0.277 e. The van der Waals surface area contributed by atoms with Gasteiger partial charge in [0.2, 0.25) is 0 Å². The third-order valence-electron chi connectivity index (χ3n) is 4.51. The smallest absolute Gasteiger partial charge is 0.277 e. The summed E-state index contributed by atoms with van der Waals surface area (Å²) in [6.45, 7) is 2.54. The van der Waals surface area contributed by atoms with E-state index in [2.05, 4.69) is 21.9 Å². The Bertz CT molecular complexity index is 1200. The van der Waals surface area contributed by atoms with Gasteiger partial charge in [-0.2, -0.15) is 0 Å². The average molecular weight is 366 g/mol. The highest BCUT2D eigenvalue weighted by Gasteiger charge is 2.15. The molecular weight excluding hydrogens is 350 g/mol. The standard InChI is InChI=1S/C20H16F2N4O/c1-2-12-5-3-4-6-13(12)10-26-11-23-19-17(26)20(27)25-18(24-19)15-9-14(21)7-8-16(15)22/h3-9,11H,2,10H2,1H3,(H,24,25,27). The van der Waals surface area contributed by atoms with Crippen LogP contribution >= 0.6 is 0 Å². The van der Waals surface area contributed by atoms with Crippen LogP contribution in [0.15, 0.2) is 53.6 Å². The van der Waals surface area contributed by atoms with Crippen molar-refractivity contribution in [1.29, 1.82) is 0 Å². The van der Waals surface area contributed by atoms with Crippen molar-refractivity contribution in [3.63, 3.8) is 0 Å². The summed E-state index contributed by atoms with van der Waals surface area (Å²) in [7, 11) is 0. The summed E-state index contributed by atoms with van der Waals surface area (Å²) in [5.41, 5.74) is 2.18. The zero-order valence-electron chi connectivity index (χ0n) is 14.5. The molecule has 0 atom stereocenters. The number of aryl methyl sites for hydroxylation is 1. The van der Waals surface area contributed by atoms with Gasteiger partial charge in [-0.15, -0.1) is 0 Å². The lowest BCUT2D eigenvalue weighted by atomic mass is 10.1. The minimum atomic E-state index is -0.671. The zero-order chi connectivity index (χ0) is 19.0. The van der Waals surface area contributed by atoms with E-state index in [0.717, 1.165) is 30.2 Å². The Morgan fingerprint density at radius 2 is 1.89 bits per heavy atom. The van der Waals surface area contributed by atoms with E-state index in [0.29, 0.717) is 12.1 Å². The van der Waals surface area contributed by atoms with Gasteiger partial charge in [-0.3, -0.25) is 4.79 Å². The Balaban J connectivity index is 1.81. The third-order valence-corrected chi connectivity index (χ3v) is 4.51. The van der Waals surface area contributed by atoms with E-state index in [9.17, 15) is 13.6 Å². The first-order chi connectivity index (χ1) is 13.1. The van der Waals surface area contributed by atoms with Crippen molar-refractivity contribution in [2.75, 3.05) is 0 Å². The Morgan fingerprint density at radius 3 is 2.67 bits per heavy atom. The van der Waals surface area contributed by atoms with E-state index < -0.39 is 17.2 Å². The van der Waals surface area contributed by atoms with Gasteiger partial charge in [0.15, 0.2) is 11.2 Å². The van der Waals surface area contributed by atoms with Crippen LogP contribution in [0.2, 0.25) is 0 Å². The second-order valence-corrected chi connectivity index (χ2v) is 6.21. The first-order valence-corrected chi connectivity index (χ1v) is 8.54. The van der Waals surface area contributed by atoms with Gasteiger partial charge in [-0.05, 0) is 35.7 Å². The zero-order valence-corrected chi connectivity index (χ0v) is 14.5. The van der Waals surface area contributed by atoms with E-state index in [1.165, 1.54) is 11.9 Å². The van der Waals surface area contributed by atoms with Crippen molar-refractivity contribution in [1.82, 2.24) is 19.5 Å². The number of aromatic amines is 1. The van der Waals surface area contributed by atoms with Gasteiger partial charge in [-0.25, -0.2) is 18.7 Å². The molecule has 0 radical (unpaired) electrons. The number of fused-ring (bicyclic) bond motifs is 1. The Labute approximate surface area is 153 Å². The molecule has 2 aromatic carbocycles. The van der Waals surface area contributed by atoms with Crippen LogP contribution in [-0.2, 0) is 13.0 Å². The average Bonchev–Trinajstić information content (AvgIpc) is 3.07. The number of hydrogen-bond acceptors (Lipinski definition) is 3. The van der Waals surface area contributed by atoms with E-state index >= 15 is 0 Å². The number of halogens is 2. The number of rotatable bonds is 4. The SMILES string of the molecule is CCc1ccccc1Cn1cnc2nc(-c3cc(F)ccc3F)[nH]c(=O)c21. The maximum absolute atomic E-state index is 14.0. The summed E-state index contributed by atoms with van der Waals surface area (Å²) in [4.78, 5) is 23.6. The fraction of sp³-hybridized carbons (Fsp3) is 0.150. The van der Waals surface area contributed by atoms with Gasteiger partial charge < -0.3 is 9.55 Å². The fourth-order valence-corrected chi connectivity index (χ4v) is 3.15. The molecular formula is C20H16F2N4O. The predicted octanol–water partition coefficient (Wildman–Crippen LogP) is 3.68. The molecule has 0 aliphatic carbocycles. The second-order valence-electron chi connectivity index (χ2n) is 6.21. The van der Waals surface area contributed by atoms with E-state index in [4.69, 9.17) is 0 Å². The molecule has 5 nitrogen and oxygen atoms in total. The van der Waals surface area contributed by atoms with E-state index in [1.54, 1.807) is 4.57 Å². The van der Waals surface area contributed by atoms with Gasteiger partial charge in [-0.1, -0.05) is 31.2 Å². The molecule has 0 unspecified atom stereocenters.